The van der Waals surface area contributed by atoms with Crippen LogP contribution in [0.15, 0.2) is 70.5 Å². The van der Waals surface area contributed by atoms with Crippen LogP contribution in [0.25, 0.3) is 10.8 Å². The van der Waals surface area contributed by atoms with Gasteiger partial charge in [-0.2, -0.15) is 0 Å². The van der Waals surface area contributed by atoms with E-state index >= 15 is 0 Å². The van der Waals surface area contributed by atoms with Gasteiger partial charge in [0.2, 0.25) is 10.0 Å². The Hall–Kier alpha value is -2.18. The highest BCUT2D eigenvalue weighted by molar-refractivity contribution is 7.99. The number of phenolic OH excluding ortho intramolecular Hbond substituents is 1. The maximum atomic E-state index is 13.0. The normalized spacial score (nSPS) is 15.6. The lowest BCUT2D eigenvalue weighted by Crippen LogP contribution is -2.29. The number of rotatable bonds is 5. The second-order valence-electron chi connectivity index (χ2n) is 7.14. The monoisotopic (exact) mass is 413 g/mol. The summed E-state index contributed by atoms with van der Waals surface area (Å²) in [6, 6.07) is 18.8. The molecule has 1 saturated carbocycles. The summed E-state index contributed by atoms with van der Waals surface area (Å²) < 4.78 is 28.8. The second-order valence-corrected chi connectivity index (χ2v) is 10.2. The van der Waals surface area contributed by atoms with E-state index in [2.05, 4.69) is 4.72 Å². The highest BCUT2D eigenvalue weighted by atomic mass is 32.2. The molecule has 2 N–H and O–H groups in total. The minimum atomic E-state index is -3.47. The summed E-state index contributed by atoms with van der Waals surface area (Å²) in [4.78, 5) is 1.61. The van der Waals surface area contributed by atoms with Gasteiger partial charge in [0.25, 0.3) is 0 Å². The molecule has 0 heterocycles. The number of anilines is 1. The van der Waals surface area contributed by atoms with E-state index in [4.69, 9.17) is 0 Å². The molecule has 0 spiro atoms. The van der Waals surface area contributed by atoms with Crippen LogP contribution in [0.3, 0.4) is 0 Å². The van der Waals surface area contributed by atoms with E-state index in [9.17, 15) is 13.5 Å². The molecule has 0 atom stereocenters. The lowest BCUT2D eigenvalue weighted by atomic mass is 10.0. The predicted molar refractivity (Wildman–Crippen MR) is 116 cm³/mol. The van der Waals surface area contributed by atoms with E-state index in [0.717, 1.165) is 24.2 Å². The van der Waals surface area contributed by atoms with Crippen LogP contribution in [0, 0.1) is 0 Å². The average Bonchev–Trinajstić information content (AvgIpc) is 2.73. The van der Waals surface area contributed by atoms with Crippen LogP contribution in [0.2, 0.25) is 0 Å². The molecule has 0 aromatic heterocycles. The van der Waals surface area contributed by atoms with Crippen molar-refractivity contribution < 1.29 is 13.5 Å². The van der Waals surface area contributed by atoms with Gasteiger partial charge >= 0.3 is 0 Å². The van der Waals surface area contributed by atoms with Crippen LogP contribution in [0.5, 0.6) is 5.75 Å². The molecule has 28 heavy (non-hydrogen) atoms. The summed E-state index contributed by atoms with van der Waals surface area (Å²) in [6.07, 6.45) is 4.42. The topological polar surface area (TPSA) is 66.4 Å². The summed E-state index contributed by atoms with van der Waals surface area (Å²) in [5, 5.41) is 11.8. The molecule has 3 aromatic carbocycles. The number of benzene rings is 3. The van der Waals surface area contributed by atoms with E-state index in [1.807, 2.05) is 54.6 Å². The zero-order valence-corrected chi connectivity index (χ0v) is 17.1. The first-order valence-corrected chi connectivity index (χ1v) is 11.9. The molecular formula is C22H23NO3S2. The van der Waals surface area contributed by atoms with E-state index in [1.165, 1.54) is 11.8 Å². The Bertz CT molecular complexity index is 1080. The van der Waals surface area contributed by atoms with Crippen molar-refractivity contribution in [2.75, 3.05) is 4.72 Å². The molecule has 0 aliphatic heterocycles. The predicted octanol–water partition coefficient (Wildman–Crippen LogP) is 5.77. The molecular weight excluding hydrogens is 390 g/mol. The molecule has 0 saturated heterocycles. The molecule has 6 heteroatoms. The summed E-state index contributed by atoms with van der Waals surface area (Å²) in [5.74, 6) is 0.171. The van der Waals surface area contributed by atoms with Crippen LogP contribution in [-0.4, -0.2) is 18.8 Å². The zero-order valence-electron chi connectivity index (χ0n) is 15.5. The van der Waals surface area contributed by atoms with Gasteiger partial charge in [-0.3, -0.25) is 4.72 Å². The Balaban J connectivity index is 1.75. The van der Waals surface area contributed by atoms with Crippen molar-refractivity contribution in [2.45, 2.75) is 47.1 Å². The van der Waals surface area contributed by atoms with E-state index in [-0.39, 0.29) is 11.0 Å². The molecule has 0 unspecified atom stereocenters. The van der Waals surface area contributed by atoms with Crippen molar-refractivity contribution in [3.63, 3.8) is 0 Å². The lowest BCUT2D eigenvalue weighted by Gasteiger charge is -2.23. The molecule has 0 bridgehead atoms. The van der Waals surface area contributed by atoms with Gasteiger partial charge in [-0.15, -0.1) is 0 Å². The van der Waals surface area contributed by atoms with Gasteiger partial charge < -0.3 is 5.11 Å². The lowest BCUT2D eigenvalue weighted by molar-refractivity contribution is 0.469. The van der Waals surface area contributed by atoms with Crippen LogP contribution < -0.4 is 4.72 Å². The Morgan fingerprint density at radius 1 is 0.893 bits per heavy atom. The van der Waals surface area contributed by atoms with Crippen LogP contribution in [0.4, 0.5) is 5.69 Å². The molecule has 4 nitrogen and oxygen atoms in total. The van der Waals surface area contributed by atoms with Gasteiger partial charge in [-0.05, 0) is 31.0 Å². The molecule has 146 valence electrons. The van der Waals surface area contributed by atoms with Gasteiger partial charge in [-0.25, -0.2) is 8.42 Å². The van der Waals surface area contributed by atoms with Gasteiger partial charge in [0.1, 0.15) is 5.75 Å². The minimum Gasteiger partial charge on any atom is -0.506 e. The summed E-state index contributed by atoms with van der Waals surface area (Å²) >= 11 is 1.42. The first-order chi connectivity index (χ1) is 13.5. The quantitative estimate of drug-likeness (QED) is 0.521. The molecule has 1 fully saturated rings. The van der Waals surface area contributed by atoms with E-state index < -0.39 is 10.0 Å². The second kappa shape index (κ2) is 8.05. The fourth-order valence-corrected chi connectivity index (χ4v) is 6.25. The SMILES string of the molecule is O=S(=O)(Nc1cc(Sc2ccccc2)c(O)c2ccccc12)C1CCCCC1. The Morgan fingerprint density at radius 3 is 2.25 bits per heavy atom. The van der Waals surface area contributed by atoms with Crippen molar-refractivity contribution in [1.29, 1.82) is 0 Å². The number of fused-ring (bicyclic) bond motifs is 1. The Labute approximate surface area is 170 Å². The van der Waals surface area contributed by atoms with Crippen LogP contribution in [-0.2, 0) is 10.0 Å². The molecule has 1 aliphatic rings. The Morgan fingerprint density at radius 2 is 1.54 bits per heavy atom. The zero-order chi connectivity index (χ0) is 19.6. The molecule has 4 rings (SSSR count). The van der Waals surface area contributed by atoms with Gasteiger partial charge in [0.05, 0.1) is 15.8 Å². The minimum absolute atomic E-state index is 0.171. The standard InChI is InChI=1S/C22H23NO3S2/c24-22-19-14-8-7-13-18(19)20(15-21(22)27-16-9-3-1-4-10-16)23-28(25,26)17-11-5-2-6-12-17/h1,3-4,7-10,13-15,17,23-24H,2,5-6,11-12H2. The maximum absolute atomic E-state index is 13.0. The van der Waals surface area contributed by atoms with Crippen molar-refractivity contribution in [1.82, 2.24) is 0 Å². The number of hydrogen-bond donors (Lipinski definition) is 2. The number of aromatic hydroxyl groups is 1. The fourth-order valence-electron chi connectivity index (χ4n) is 3.72. The van der Waals surface area contributed by atoms with Crippen LogP contribution >= 0.6 is 11.8 Å². The molecule has 0 amide bonds. The maximum Gasteiger partial charge on any atom is 0.235 e. The number of hydrogen-bond acceptors (Lipinski definition) is 4. The van der Waals surface area contributed by atoms with E-state index in [1.54, 1.807) is 6.07 Å². The average molecular weight is 414 g/mol. The van der Waals surface area contributed by atoms with Crippen LogP contribution in [0.1, 0.15) is 32.1 Å². The summed E-state index contributed by atoms with van der Waals surface area (Å²) in [6.45, 7) is 0. The Kier molecular flexibility index (Phi) is 5.51. The molecule has 0 radical (unpaired) electrons. The van der Waals surface area contributed by atoms with Crippen molar-refractivity contribution in [3.05, 3.63) is 60.7 Å². The molecule has 1 aliphatic carbocycles. The molecule has 3 aromatic rings. The van der Waals surface area contributed by atoms with Crippen molar-refractivity contribution in [3.8, 4) is 5.75 Å². The van der Waals surface area contributed by atoms with Crippen molar-refractivity contribution >= 4 is 38.2 Å². The number of phenols is 1. The third-order valence-electron chi connectivity index (χ3n) is 5.20. The van der Waals surface area contributed by atoms with E-state index in [0.29, 0.717) is 34.2 Å². The summed E-state index contributed by atoms with van der Waals surface area (Å²) in [7, 11) is -3.47. The summed E-state index contributed by atoms with van der Waals surface area (Å²) in [5.41, 5.74) is 0.525. The highest BCUT2D eigenvalue weighted by Crippen LogP contribution is 2.43. The highest BCUT2D eigenvalue weighted by Gasteiger charge is 2.28. The fraction of sp³-hybridized carbons (Fsp3) is 0.273. The van der Waals surface area contributed by atoms with Gasteiger partial charge in [0, 0.05) is 15.7 Å². The first kappa shape index (κ1) is 19.2. The number of nitrogens with one attached hydrogen (secondary N) is 1. The van der Waals surface area contributed by atoms with Crippen molar-refractivity contribution in [2.24, 2.45) is 0 Å². The smallest absolute Gasteiger partial charge is 0.235 e. The third-order valence-corrected chi connectivity index (χ3v) is 8.09. The van der Waals surface area contributed by atoms with Gasteiger partial charge in [-0.1, -0.05) is 73.5 Å². The van der Waals surface area contributed by atoms with Gasteiger partial charge in [0.15, 0.2) is 0 Å². The third kappa shape index (κ3) is 3.98. The number of sulfonamides is 1. The first-order valence-electron chi connectivity index (χ1n) is 9.54. The largest absolute Gasteiger partial charge is 0.506 e.